The number of hydrogen-bond donors (Lipinski definition) is 2. The third-order valence-corrected chi connectivity index (χ3v) is 3.56. The van der Waals surface area contributed by atoms with Crippen molar-refractivity contribution in [2.75, 3.05) is 17.7 Å². The second-order valence-electron chi connectivity index (χ2n) is 5.61. The van der Waals surface area contributed by atoms with Crippen molar-refractivity contribution in [2.24, 2.45) is 0 Å². The zero-order valence-corrected chi connectivity index (χ0v) is 14.9. The van der Waals surface area contributed by atoms with Crippen LogP contribution in [-0.4, -0.2) is 28.9 Å². The molecule has 9 heteroatoms. The van der Waals surface area contributed by atoms with Gasteiger partial charge in [-0.15, -0.1) is 0 Å². The maximum Gasteiger partial charge on any atom is 0.327 e. The van der Waals surface area contributed by atoms with Gasteiger partial charge in [-0.3, -0.25) is 14.8 Å². The number of nitrogens with one attached hydrogen (secondary N) is 2. The fraction of sp³-hybridized carbons (Fsp3) is 0.105. The Bertz CT molecular complexity index is 989. The Hall–Kier alpha value is -3.88. The van der Waals surface area contributed by atoms with Crippen molar-refractivity contribution in [1.82, 2.24) is 9.78 Å². The van der Waals surface area contributed by atoms with E-state index in [9.17, 15) is 14.0 Å². The number of carbonyl (C=O) groups excluding carboxylic acids is 2. The van der Waals surface area contributed by atoms with Crippen LogP contribution in [0.3, 0.4) is 0 Å². The molecule has 2 N–H and O–H groups in total. The maximum atomic E-state index is 13.3. The molecule has 3 aromatic rings. The number of esters is 1. The number of methoxy groups -OCH3 is 1. The first-order valence-electron chi connectivity index (χ1n) is 8.24. The van der Waals surface area contributed by atoms with Crippen LogP contribution in [-0.2, 0) is 16.1 Å². The number of aromatic nitrogens is 2. The molecule has 0 atom stereocenters. The van der Waals surface area contributed by atoms with E-state index in [1.807, 2.05) is 0 Å². The van der Waals surface area contributed by atoms with Crippen molar-refractivity contribution in [2.45, 2.75) is 6.54 Å². The fourth-order valence-corrected chi connectivity index (χ4v) is 2.30. The smallest absolute Gasteiger partial charge is 0.327 e. The number of urea groups is 1. The molecule has 3 rings (SSSR count). The Morgan fingerprint density at radius 1 is 1.11 bits per heavy atom. The fourth-order valence-electron chi connectivity index (χ4n) is 2.30. The second kappa shape index (κ2) is 8.67. The number of halogens is 1. The standard InChI is InChI=1S/C19H17FN4O4/c1-27-18(25)12-24-10-9-17(23-24)22-19(26)21-15-7-2-3-8-16(15)28-14-6-4-5-13(20)11-14/h2-11H,12H2,1H3,(H2,21,22,23,26). The third kappa shape index (κ3) is 5.07. The predicted octanol–water partition coefficient (Wildman–Crippen LogP) is 3.63. The van der Waals surface area contributed by atoms with E-state index in [0.29, 0.717) is 17.2 Å². The van der Waals surface area contributed by atoms with Crippen LogP contribution in [0.15, 0.2) is 60.8 Å². The van der Waals surface area contributed by atoms with Gasteiger partial charge in [-0.2, -0.15) is 5.10 Å². The number of amides is 2. The van der Waals surface area contributed by atoms with Crippen molar-refractivity contribution < 1.29 is 23.5 Å². The molecule has 0 aliphatic heterocycles. The van der Waals surface area contributed by atoms with Crippen LogP contribution in [0.25, 0.3) is 0 Å². The topological polar surface area (TPSA) is 94.5 Å². The predicted molar refractivity (Wildman–Crippen MR) is 99.8 cm³/mol. The van der Waals surface area contributed by atoms with Gasteiger partial charge in [0.1, 0.15) is 18.1 Å². The van der Waals surface area contributed by atoms with E-state index in [1.165, 1.54) is 42.3 Å². The minimum Gasteiger partial charge on any atom is -0.468 e. The lowest BCUT2D eigenvalue weighted by molar-refractivity contribution is -0.141. The summed E-state index contributed by atoms with van der Waals surface area (Å²) in [5.41, 5.74) is 0.387. The van der Waals surface area contributed by atoms with Gasteiger partial charge in [0.05, 0.1) is 12.8 Å². The zero-order valence-electron chi connectivity index (χ0n) is 14.9. The van der Waals surface area contributed by atoms with Gasteiger partial charge in [0, 0.05) is 18.3 Å². The summed E-state index contributed by atoms with van der Waals surface area (Å²) in [5.74, 6) is 0.0198. The number of benzene rings is 2. The highest BCUT2D eigenvalue weighted by Crippen LogP contribution is 2.29. The van der Waals surface area contributed by atoms with Crippen LogP contribution in [0.5, 0.6) is 11.5 Å². The Labute approximate surface area is 159 Å². The minimum atomic E-state index is -0.557. The average molecular weight is 384 g/mol. The van der Waals surface area contributed by atoms with Crippen molar-refractivity contribution in [3.05, 3.63) is 66.6 Å². The molecule has 1 heterocycles. The molecule has 0 fully saturated rings. The van der Waals surface area contributed by atoms with Crippen LogP contribution < -0.4 is 15.4 Å². The molecule has 0 unspecified atom stereocenters. The first-order valence-corrected chi connectivity index (χ1v) is 8.24. The van der Waals surface area contributed by atoms with Gasteiger partial charge in [0.2, 0.25) is 0 Å². The van der Waals surface area contributed by atoms with E-state index in [0.717, 1.165) is 0 Å². The first-order chi connectivity index (χ1) is 13.5. The van der Waals surface area contributed by atoms with Gasteiger partial charge in [-0.1, -0.05) is 18.2 Å². The summed E-state index contributed by atoms with van der Waals surface area (Å²) >= 11 is 0. The van der Waals surface area contributed by atoms with Crippen molar-refractivity contribution in [3.63, 3.8) is 0 Å². The molecular formula is C19H17FN4O4. The molecule has 144 valence electrons. The van der Waals surface area contributed by atoms with E-state index in [2.05, 4.69) is 20.5 Å². The molecule has 0 saturated heterocycles. The van der Waals surface area contributed by atoms with Crippen LogP contribution in [0.4, 0.5) is 20.7 Å². The van der Waals surface area contributed by atoms with Gasteiger partial charge in [-0.05, 0) is 24.3 Å². The molecule has 2 amide bonds. The summed E-state index contributed by atoms with van der Waals surface area (Å²) in [6.07, 6.45) is 1.54. The van der Waals surface area contributed by atoms with Crippen molar-refractivity contribution in [1.29, 1.82) is 0 Å². The first kappa shape index (κ1) is 18.9. The van der Waals surface area contributed by atoms with Gasteiger partial charge < -0.3 is 14.8 Å². The maximum absolute atomic E-state index is 13.3. The summed E-state index contributed by atoms with van der Waals surface area (Å²) in [6, 6.07) is 13.4. The molecule has 2 aromatic carbocycles. The van der Waals surface area contributed by atoms with Gasteiger partial charge in [-0.25, -0.2) is 9.18 Å². The Morgan fingerprint density at radius 3 is 2.71 bits per heavy atom. The SMILES string of the molecule is COC(=O)Cn1ccc(NC(=O)Nc2ccccc2Oc2cccc(F)c2)n1. The quantitative estimate of drug-likeness (QED) is 0.633. The highest BCUT2D eigenvalue weighted by Gasteiger charge is 2.11. The van der Waals surface area contributed by atoms with Crippen LogP contribution in [0.1, 0.15) is 0 Å². The number of carbonyl (C=O) groups is 2. The summed E-state index contributed by atoms with van der Waals surface area (Å²) < 4.78 is 24.9. The minimum absolute atomic E-state index is 0.0654. The molecule has 28 heavy (non-hydrogen) atoms. The number of para-hydroxylation sites is 2. The van der Waals surface area contributed by atoms with E-state index in [-0.39, 0.29) is 12.4 Å². The highest BCUT2D eigenvalue weighted by molar-refractivity contribution is 6.00. The number of nitrogens with zero attached hydrogens (tertiary/aromatic N) is 2. The lowest BCUT2D eigenvalue weighted by Crippen LogP contribution is -2.20. The van der Waals surface area contributed by atoms with E-state index < -0.39 is 17.8 Å². The molecular weight excluding hydrogens is 367 g/mol. The lowest BCUT2D eigenvalue weighted by atomic mass is 10.3. The molecule has 8 nitrogen and oxygen atoms in total. The van der Waals surface area contributed by atoms with Gasteiger partial charge >= 0.3 is 12.0 Å². The third-order valence-electron chi connectivity index (χ3n) is 3.56. The molecule has 1 aromatic heterocycles. The largest absolute Gasteiger partial charge is 0.468 e. The molecule has 0 spiro atoms. The molecule has 0 aliphatic rings. The van der Waals surface area contributed by atoms with Crippen LogP contribution >= 0.6 is 0 Å². The monoisotopic (exact) mass is 384 g/mol. The molecule has 0 radical (unpaired) electrons. The average Bonchev–Trinajstić information content (AvgIpc) is 3.10. The second-order valence-corrected chi connectivity index (χ2v) is 5.61. The summed E-state index contributed by atoms with van der Waals surface area (Å²) in [6.45, 7) is -0.0654. The number of hydrogen-bond acceptors (Lipinski definition) is 5. The molecule has 0 aliphatic carbocycles. The zero-order chi connectivity index (χ0) is 19.9. The number of anilines is 2. The highest BCUT2D eigenvalue weighted by atomic mass is 19.1. The summed E-state index contributed by atoms with van der Waals surface area (Å²) in [5, 5.41) is 9.25. The number of ether oxygens (including phenoxy) is 2. The summed E-state index contributed by atoms with van der Waals surface area (Å²) in [4.78, 5) is 23.5. The number of rotatable bonds is 6. The molecule has 0 saturated carbocycles. The summed E-state index contributed by atoms with van der Waals surface area (Å²) in [7, 11) is 1.28. The van der Waals surface area contributed by atoms with E-state index >= 15 is 0 Å². The van der Waals surface area contributed by atoms with Crippen LogP contribution in [0.2, 0.25) is 0 Å². The lowest BCUT2D eigenvalue weighted by Gasteiger charge is -2.12. The normalized spacial score (nSPS) is 10.2. The van der Waals surface area contributed by atoms with Crippen molar-refractivity contribution in [3.8, 4) is 11.5 Å². The van der Waals surface area contributed by atoms with Crippen LogP contribution in [0, 0.1) is 5.82 Å². The van der Waals surface area contributed by atoms with Crippen molar-refractivity contribution >= 4 is 23.5 Å². The Balaban J connectivity index is 1.65. The van der Waals surface area contributed by atoms with Gasteiger partial charge in [0.25, 0.3) is 0 Å². The Kier molecular flexibility index (Phi) is 5.85. The van der Waals surface area contributed by atoms with E-state index in [1.54, 1.807) is 30.3 Å². The van der Waals surface area contributed by atoms with E-state index in [4.69, 9.17) is 4.74 Å². The Morgan fingerprint density at radius 2 is 1.93 bits per heavy atom. The van der Waals surface area contributed by atoms with Gasteiger partial charge in [0.15, 0.2) is 11.6 Å². The molecule has 0 bridgehead atoms.